The van der Waals surface area contributed by atoms with Gasteiger partial charge in [-0.05, 0) is 116 Å². The second-order valence-corrected chi connectivity index (χ2v) is 18.8. The predicted molar refractivity (Wildman–Crippen MR) is 194 cm³/mol. The Morgan fingerprint density at radius 2 is 1.68 bits per heavy atom. The first-order valence-electron chi connectivity index (χ1n) is 18.6. The zero-order chi connectivity index (χ0) is 36.1. The van der Waals surface area contributed by atoms with Gasteiger partial charge in [0.25, 0.3) is 5.91 Å². The van der Waals surface area contributed by atoms with Crippen molar-refractivity contribution in [3.63, 3.8) is 0 Å². The lowest BCUT2D eigenvalue weighted by Crippen LogP contribution is -2.67. The van der Waals surface area contributed by atoms with Crippen molar-refractivity contribution in [2.24, 2.45) is 57.8 Å². The number of ether oxygens (including phenoxy) is 1. The number of fused-ring (bicyclic) bond motifs is 7. The zero-order valence-corrected chi connectivity index (χ0v) is 32.7. The standard InChI is InChI=1S/C40H59N3O6.ClH/c1-23(2)31-26(44)19-40(42-33(46)25-21-41-22-43(25)10)18-17-38(8)24(32(31)40)11-12-28-37(7)15-14-29(49-30(45)20-35(3,4)34(47)48)36(5,6)27(37)13-16-39(28,38)9;/h21-24,27-29H,11-20H2,1-10H3,(H,42,46)(H,47,48);1H/t24-,27+,28-,29+,37+,38-,39-,40-;/m1./s1. The smallest absolute Gasteiger partial charge is 0.309 e. The number of imidazole rings is 1. The zero-order valence-electron chi connectivity index (χ0n) is 31.9. The maximum Gasteiger partial charge on any atom is 0.309 e. The van der Waals surface area contributed by atoms with Gasteiger partial charge < -0.3 is 19.7 Å². The molecule has 1 amide bonds. The Balaban J connectivity index is 0.00000486. The van der Waals surface area contributed by atoms with Crippen LogP contribution in [0.5, 0.6) is 0 Å². The lowest BCUT2D eigenvalue weighted by molar-refractivity contribution is -0.232. The van der Waals surface area contributed by atoms with E-state index in [9.17, 15) is 24.3 Å². The second kappa shape index (κ2) is 12.5. The SMILES string of the molecule is CC(C)C1=C2[C@H]3CC[C@@H]4[C@@]5(C)CC[C@H](OC(=O)CC(C)(C)C(=O)O)C(C)(C)[C@@H]5CC[C@@]4(C)[C@]3(C)CC[C@@]2(NC(=O)c2cncn2C)CC1=O.Cl. The fraction of sp³-hybridized carbons (Fsp3) is 0.775. The Kier molecular flexibility index (Phi) is 9.62. The minimum atomic E-state index is -1.17. The van der Waals surface area contributed by atoms with E-state index in [4.69, 9.17) is 4.74 Å². The average Bonchev–Trinajstić information content (AvgIpc) is 3.54. The molecule has 0 aliphatic heterocycles. The van der Waals surface area contributed by atoms with Gasteiger partial charge in [0.2, 0.25) is 0 Å². The third-order valence-corrected chi connectivity index (χ3v) is 15.2. The van der Waals surface area contributed by atoms with Gasteiger partial charge in [-0.15, -0.1) is 12.4 Å². The quantitative estimate of drug-likeness (QED) is 0.277. The number of halogens is 1. The fourth-order valence-electron chi connectivity index (χ4n) is 12.4. The van der Waals surface area contributed by atoms with E-state index in [0.29, 0.717) is 24.0 Å². The summed E-state index contributed by atoms with van der Waals surface area (Å²) in [5.74, 6) is -0.286. The third kappa shape index (κ3) is 5.49. The minimum Gasteiger partial charge on any atom is -0.481 e. The van der Waals surface area contributed by atoms with E-state index in [1.165, 1.54) is 5.57 Å². The number of Topliss-reactive ketones (excluding diaryl/α,β-unsaturated/α-hetero) is 1. The molecular formula is C40H60ClN3O6. The summed E-state index contributed by atoms with van der Waals surface area (Å²) < 4.78 is 7.88. The van der Waals surface area contributed by atoms with Crippen molar-refractivity contribution < 1.29 is 29.0 Å². The number of carboxylic acid groups (broad SMARTS) is 1. The second-order valence-electron chi connectivity index (χ2n) is 18.8. The summed E-state index contributed by atoms with van der Waals surface area (Å²) in [5, 5.41) is 13.0. The van der Waals surface area contributed by atoms with Gasteiger partial charge >= 0.3 is 11.9 Å². The highest BCUT2D eigenvalue weighted by Crippen LogP contribution is 2.76. The highest BCUT2D eigenvalue weighted by atomic mass is 35.5. The Bertz CT molecular complexity index is 1610. The van der Waals surface area contributed by atoms with Crippen LogP contribution in [0.4, 0.5) is 0 Å². The number of esters is 1. The lowest BCUT2D eigenvalue weighted by Gasteiger charge is -2.72. The number of amides is 1. The molecule has 0 saturated heterocycles. The molecule has 0 aromatic carbocycles. The van der Waals surface area contributed by atoms with Crippen LogP contribution in [0.1, 0.15) is 137 Å². The molecule has 5 aliphatic carbocycles. The molecule has 50 heavy (non-hydrogen) atoms. The monoisotopic (exact) mass is 713 g/mol. The highest BCUT2D eigenvalue weighted by molar-refractivity contribution is 6.03. The summed E-state index contributed by atoms with van der Waals surface area (Å²) in [6, 6.07) is 0. The van der Waals surface area contributed by atoms with E-state index in [1.54, 1.807) is 30.9 Å². The Morgan fingerprint density at radius 1 is 1.00 bits per heavy atom. The van der Waals surface area contributed by atoms with Gasteiger partial charge in [0.05, 0.1) is 29.9 Å². The van der Waals surface area contributed by atoms with Crippen molar-refractivity contribution in [3.05, 3.63) is 29.4 Å². The summed E-state index contributed by atoms with van der Waals surface area (Å²) in [6.45, 7) is 19.4. The molecule has 9 nitrogen and oxygen atoms in total. The first-order valence-corrected chi connectivity index (χ1v) is 18.6. The van der Waals surface area contributed by atoms with E-state index >= 15 is 0 Å². The molecule has 0 spiro atoms. The van der Waals surface area contributed by atoms with Crippen LogP contribution in [0.25, 0.3) is 0 Å². The predicted octanol–water partition coefficient (Wildman–Crippen LogP) is 7.72. The van der Waals surface area contributed by atoms with Crippen LogP contribution in [0.3, 0.4) is 0 Å². The van der Waals surface area contributed by atoms with Crippen molar-refractivity contribution in [2.75, 3.05) is 0 Å². The number of rotatable bonds is 7. The first kappa shape index (κ1) is 38.5. The van der Waals surface area contributed by atoms with Gasteiger partial charge in [0.15, 0.2) is 5.78 Å². The number of carbonyl (C=O) groups is 4. The number of aliphatic carboxylic acids is 1. The molecule has 5 aliphatic rings. The number of allylic oxidation sites excluding steroid dienone is 1. The normalized spacial score (nSPS) is 37.5. The maximum atomic E-state index is 13.9. The van der Waals surface area contributed by atoms with Gasteiger partial charge in [0.1, 0.15) is 11.8 Å². The molecule has 10 heteroatoms. The van der Waals surface area contributed by atoms with Crippen molar-refractivity contribution >= 4 is 36.0 Å². The van der Waals surface area contributed by atoms with Gasteiger partial charge in [-0.2, -0.15) is 0 Å². The van der Waals surface area contributed by atoms with Gasteiger partial charge in [-0.3, -0.25) is 19.2 Å². The molecule has 1 aromatic heterocycles. The molecular weight excluding hydrogens is 654 g/mol. The van der Waals surface area contributed by atoms with Crippen LogP contribution >= 0.6 is 12.4 Å². The molecule has 6 rings (SSSR count). The average molecular weight is 714 g/mol. The van der Waals surface area contributed by atoms with Crippen molar-refractivity contribution in [1.82, 2.24) is 14.9 Å². The number of nitrogens with one attached hydrogen (secondary N) is 1. The number of carbonyl (C=O) groups excluding carboxylic acids is 3. The van der Waals surface area contributed by atoms with E-state index < -0.39 is 22.9 Å². The molecule has 2 N–H and O–H groups in total. The van der Waals surface area contributed by atoms with Crippen LogP contribution in [-0.4, -0.2) is 49.9 Å². The number of aryl methyl sites for hydroxylation is 1. The molecule has 1 aromatic rings. The molecule has 1 heterocycles. The lowest BCUT2D eigenvalue weighted by atomic mass is 9.33. The van der Waals surface area contributed by atoms with Crippen LogP contribution in [0.2, 0.25) is 0 Å². The minimum absolute atomic E-state index is 0. The Morgan fingerprint density at radius 3 is 2.28 bits per heavy atom. The molecule has 0 radical (unpaired) electrons. The summed E-state index contributed by atoms with van der Waals surface area (Å²) in [4.78, 5) is 56.6. The highest BCUT2D eigenvalue weighted by Gasteiger charge is 2.70. The number of aromatic nitrogens is 2. The topological polar surface area (TPSA) is 128 Å². The molecule has 8 atom stereocenters. The van der Waals surface area contributed by atoms with Gasteiger partial charge in [-0.25, -0.2) is 4.98 Å². The summed E-state index contributed by atoms with van der Waals surface area (Å²) in [7, 11) is 1.82. The fourth-order valence-corrected chi connectivity index (χ4v) is 12.4. The largest absolute Gasteiger partial charge is 0.481 e. The number of carboxylic acids is 1. The molecule has 4 fully saturated rings. The summed E-state index contributed by atoms with van der Waals surface area (Å²) in [6.07, 6.45) is 10.8. The summed E-state index contributed by atoms with van der Waals surface area (Å²) in [5.41, 5.74) is 0.621. The third-order valence-electron chi connectivity index (χ3n) is 15.2. The van der Waals surface area contributed by atoms with Crippen molar-refractivity contribution in [1.29, 1.82) is 0 Å². The van der Waals surface area contributed by atoms with Gasteiger partial charge in [-0.1, -0.05) is 48.5 Å². The molecule has 4 saturated carbocycles. The van der Waals surface area contributed by atoms with Crippen LogP contribution < -0.4 is 5.32 Å². The molecule has 0 unspecified atom stereocenters. The number of ketones is 1. The number of hydrogen-bond acceptors (Lipinski definition) is 6. The van der Waals surface area contributed by atoms with Crippen LogP contribution in [0.15, 0.2) is 23.7 Å². The number of hydrogen-bond donors (Lipinski definition) is 2. The molecule has 278 valence electrons. The van der Waals surface area contributed by atoms with E-state index in [-0.39, 0.29) is 70.1 Å². The molecule has 0 bridgehead atoms. The van der Waals surface area contributed by atoms with E-state index in [1.807, 2.05) is 7.05 Å². The van der Waals surface area contributed by atoms with Gasteiger partial charge in [0, 0.05) is 18.9 Å². The Hall–Kier alpha value is -2.68. The van der Waals surface area contributed by atoms with Crippen molar-refractivity contribution in [3.8, 4) is 0 Å². The Labute approximate surface area is 304 Å². The van der Waals surface area contributed by atoms with Crippen molar-refractivity contribution in [2.45, 2.75) is 138 Å². The van der Waals surface area contributed by atoms with E-state index in [2.05, 4.69) is 58.8 Å². The maximum absolute atomic E-state index is 13.9. The van der Waals surface area contributed by atoms with Crippen LogP contribution in [-0.2, 0) is 26.2 Å². The number of nitrogens with zero attached hydrogens (tertiary/aromatic N) is 2. The van der Waals surface area contributed by atoms with E-state index in [0.717, 1.165) is 56.9 Å². The first-order chi connectivity index (χ1) is 22.6. The summed E-state index contributed by atoms with van der Waals surface area (Å²) >= 11 is 0. The van der Waals surface area contributed by atoms with Crippen LogP contribution in [0, 0.1) is 50.7 Å².